The van der Waals surface area contributed by atoms with Crippen LogP contribution < -0.4 is 10.1 Å². The second kappa shape index (κ2) is 7.33. The van der Waals surface area contributed by atoms with E-state index >= 15 is 0 Å². The Morgan fingerprint density at radius 3 is 2.62 bits per heavy atom. The number of nitrogens with one attached hydrogen (secondary N) is 1. The zero-order chi connectivity index (χ0) is 18.7. The van der Waals surface area contributed by atoms with Crippen molar-refractivity contribution < 1.29 is 17.9 Å². The lowest BCUT2D eigenvalue weighted by molar-refractivity contribution is -0.137. The molecular formula is C18H19F3N4O. The first-order valence-electron chi connectivity index (χ1n) is 8.13. The molecule has 0 atom stereocenters. The Balaban J connectivity index is 1.46. The van der Waals surface area contributed by atoms with Crippen molar-refractivity contribution in [3.05, 3.63) is 53.3 Å². The standard InChI is InChI=1S/C18H19F3N4O/c1-12-16-9-13(11-23-17(16)25(2)24-12)10-22-7-8-26-15-5-3-14(4-6-15)18(19,20)21/h3-6,9,11,22H,7-8,10H2,1-2H3. The molecule has 1 aromatic carbocycles. The molecule has 2 heterocycles. The third-order valence-electron chi connectivity index (χ3n) is 3.98. The fourth-order valence-electron chi connectivity index (χ4n) is 2.66. The molecule has 3 rings (SSSR count). The third-order valence-corrected chi connectivity index (χ3v) is 3.98. The number of benzene rings is 1. The number of pyridine rings is 1. The van der Waals surface area contributed by atoms with E-state index < -0.39 is 11.7 Å². The van der Waals surface area contributed by atoms with Gasteiger partial charge < -0.3 is 10.1 Å². The quantitative estimate of drug-likeness (QED) is 0.681. The minimum atomic E-state index is -4.33. The van der Waals surface area contributed by atoms with Gasteiger partial charge in [-0.15, -0.1) is 0 Å². The van der Waals surface area contributed by atoms with Gasteiger partial charge in [-0.25, -0.2) is 4.98 Å². The number of rotatable bonds is 6. The van der Waals surface area contributed by atoms with Gasteiger partial charge in [0.2, 0.25) is 0 Å². The van der Waals surface area contributed by atoms with E-state index in [1.165, 1.54) is 12.1 Å². The summed E-state index contributed by atoms with van der Waals surface area (Å²) in [6.45, 7) is 3.48. The largest absolute Gasteiger partial charge is 0.492 e. The van der Waals surface area contributed by atoms with Gasteiger partial charge in [-0.3, -0.25) is 4.68 Å². The minimum Gasteiger partial charge on any atom is -0.492 e. The molecule has 0 radical (unpaired) electrons. The Morgan fingerprint density at radius 2 is 1.92 bits per heavy atom. The lowest BCUT2D eigenvalue weighted by Gasteiger charge is -2.10. The molecule has 0 aliphatic rings. The number of aryl methyl sites for hydroxylation is 2. The van der Waals surface area contributed by atoms with E-state index in [4.69, 9.17) is 4.74 Å². The van der Waals surface area contributed by atoms with Gasteiger partial charge in [0, 0.05) is 31.7 Å². The van der Waals surface area contributed by atoms with Crippen molar-refractivity contribution in [3.63, 3.8) is 0 Å². The van der Waals surface area contributed by atoms with Gasteiger partial charge >= 0.3 is 6.18 Å². The highest BCUT2D eigenvalue weighted by atomic mass is 19.4. The van der Waals surface area contributed by atoms with E-state index in [1.807, 2.05) is 20.0 Å². The van der Waals surface area contributed by atoms with Crippen molar-refractivity contribution in [1.82, 2.24) is 20.1 Å². The topological polar surface area (TPSA) is 52.0 Å². The molecule has 0 saturated carbocycles. The number of hydrogen-bond acceptors (Lipinski definition) is 4. The zero-order valence-corrected chi connectivity index (χ0v) is 14.5. The molecule has 26 heavy (non-hydrogen) atoms. The molecule has 0 saturated heterocycles. The van der Waals surface area contributed by atoms with Crippen molar-refractivity contribution in [3.8, 4) is 5.75 Å². The molecule has 0 fully saturated rings. The van der Waals surface area contributed by atoms with Crippen LogP contribution in [0, 0.1) is 6.92 Å². The summed E-state index contributed by atoms with van der Waals surface area (Å²) in [6.07, 6.45) is -2.53. The number of fused-ring (bicyclic) bond motifs is 1. The van der Waals surface area contributed by atoms with Gasteiger partial charge in [-0.2, -0.15) is 18.3 Å². The van der Waals surface area contributed by atoms with E-state index in [2.05, 4.69) is 15.4 Å². The normalized spacial score (nSPS) is 11.9. The molecule has 5 nitrogen and oxygen atoms in total. The second-order valence-electron chi connectivity index (χ2n) is 5.97. The predicted molar refractivity (Wildman–Crippen MR) is 91.9 cm³/mol. The van der Waals surface area contributed by atoms with Crippen LogP contribution in [0.1, 0.15) is 16.8 Å². The maximum atomic E-state index is 12.5. The van der Waals surface area contributed by atoms with Gasteiger partial charge in [0.1, 0.15) is 12.4 Å². The Morgan fingerprint density at radius 1 is 1.19 bits per heavy atom. The van der Waals surface area contributed by atoms with Crippen LogP contribution >= 0.6 is 0 Å². The van der Waals surface area contributed by atoms with Crippen LogP contribution in [-0.4, -0.2) is 27.9 Å². The van der Waals surface area contributed by atoms with Crippen LogP contribution in [0.3, 0.4) is 0 Å². The summed E-state index contributed by atoms with van der Waals surface area (Å²) in [5.41, 5.74) is 2.12. The number of aromatic nitrogens is 3. The highest BCUT2D eigenvalue weighted by molar-refractivity contribution is 5.78. The highest BCUT2D eigenvalue weighted by Gasteiger charge is 2.29. The van der Waals surface area contributed by atoms with Gasteiger partial charge in [0.25, 0.3) is 0 Å². The average Bonchev–Trinajstić information content (AvgIpc) is 2.88. The Bertz CT molecular complexity index is 888. The van der Waals surface area contributed by atoms with Gasteiger partial charge in [-0.1, -0.05) is 0 Å². The highest BCUT2D eigenvalue weighted by Crippen LogP contribution is 2.30. The molecule has 1 N–H and O–H groups in total. The van der Waals surface area contributed by atoms with Crippen molar-refractivity contribution in [1.29, 1.82) is 0 Å². The number of ether oxygens (including phenoxy) is 1. The van der Waals surface area contributed by atoms with E-state index in [-0.39, 0.29) is 0 Å². The predicted octanol–water partition coefficient (Wildman–Crippen LogP) is 3.46. The Kier molecular flexibility index (Phi) is 5.13. The number of halogens is 3. The Hall–Kier alpha value is -2.61. The molecule has 0 unspecified atom stereocenters. The summed E-state index contributed by atoms with van der Waals surface area (Å²) >= 11 is 0. The summed E-state index contributed by atoms with van der Waals surface area (Å²) in [7, 11) is 1.86. The van der Waals surface area contributed by atoms with Crippen LogP contribution in [0.5, 0.6) is 5.75 Å². The summed E-state index contributed by atoms with van der Waals surface area (Å²) in [4.78, 5) is 4.41. The lowest BCUT2D eigenvalue weighted by atomic mass is 10.2. The summed E-state index contributed by atoms with van der Waals surface area (Å²) in [6, 6.07) is 6.73. The molecular weight excluding hydrogens is 345 g/mol. The van der Waals surface area contributed by atoms with Crippen LogP contribution in [0.4, 0.5) is 13.2 Å². The van der Waals surface area contributed by atoms with Crippen molar-refractivity contribution in [2.45, 2.75) is 19.6 Å². The average molecular weight is 364 g/mol. The van der Waals surface area contributed by atoms with Crippen LogP contribution in [0.2, 0.25) is 0 Å². The summed E-state index contributed by atoms with van der Waals surface area (Å²) < 4.78 is 44.7. The summed E-state index contributed by atoms with van der Waals surface area (Å²) in [5.74, 6) is 0.411. The van der Waals surface area contributed by atoms with E-state index in [9.17, 15) is 13.2 Å². The fraction of sp³-hybridized carbons (Fsp3) is 0.333. The van der Waals surface area contributed by atoms with Crippen molar-refractivity contribution in [2.24, 2.45) is 7.05 Å². The molecule has 2 aromatic heterocycles. The monoisotopic (exact) mass is 364 g/mol. The maximum Gasteiger partial charge on any atom is 0.416 e. The second-order valence-corrected chi connectivity index (χ2v) is 5.97. The molecule has 0 spiro atoms. The maximum absolute atomic E-state index is 12.5. The minimum absolute atomic E-state index is 0.354. The molecule has 8 heteroatoms. The lowest BCUT2D eigenvalue weighted by Crippen LogP contribution is -2.20. The van der Waals surface area contributed by atoms with Crippen LogP contribution in [0.25, 0.3) is 11.0 Å². The van der Waals surface area contributed by atoms with Gasteiger partial charge in [0.15, 0.2) is 5.65 Å². The first-order chi connectivity index (χ1) is 12.3. The van der Waals surface area contributed by atoms with Gasteiger partial charge in [0.05, 0.1) is 11.3 Å². The SMILES string of the molecule is Cc1nn(C)c2ncc(CNCCOc3ccc(C(F)(F)F)cc3)cc12. The fourth-order valence-corrected chi connectivity index (χ4v) is 2.66. The van der Waals surface area contributed by atoms with E-state index in [0.717, 1.165) is 34.4 Å². The molecule has 138 valence electrons. The van der Waals surface area contributed by atoms with E-state index in [0.29, 0.717) is 25.4 Å². The Labute approximate surface area is 148 Å². The molecule has 0 bridgehead atoms. The first kappa shape index (κ1) is 18.2. The molecule has 0 aliphatic heterocycles. The number of alkyl halides is 3. The zero-order valence-electron chi connectivity index (χ0n) is 14.5. The molecule has 3 aromatic rings. The third kappa shape index (κ3) is 4.13. The smallest absolute Gasteiger partial charge is 0.416 e. The van der Waals surface area contributed by atoms with Crippen LogP contribution in [0.15, 0.2) is 36.5 Å². The van der Waals surface area contributed by atoms with Gasteiger partial charge in [-0.05, 0) is 42.8 Å². The molecule has 0 amide bonds. The van der Waals surface area contributed by atoms with E-state index in [1.54, 1.807) is 10.9 Å². The van der Waals surface area contributed by atoms with Crippen molar-refractivity contribution >= 4 is 11.0 Å². The number of nitrogens with zero attached hydrogens (tertiary/aromatic N) is 3. The first-order valence-corrected chi connectivity index (χ1v) is 8.13. The summed E-state index contributed by atoms with van der Waals surface area (Å²) in [5, 5.41) is 8.59. The van der Waals surface area contributed by atoms with Crippen molar-refractivity contribution in [2.75, 3.05) is 13.2 Å². The number of hydrogen-bond donors (Lipinski definition) is 1. The molecule has 0 aliphatic carbocycles. The van der Waals surface area contributed by atoms with Crippen LogP contribution in [-0.2, 0) is 19.8 Å².